The third kappa shape index (κ3) is 2.82. The van der Waals surface area contributed by atoms with Crippen LogP contribution in [0.25, 0.3) is 0 Å². The standard InChI is InChI=1S/C15H15BrN2O3/c1-17-14(12-4-5-13(16)21-12)9-2-3-11-10(8-9)15(19)18-6-7-20-11/h2-5,8,14,17H,6-7H2,1H3,(H,18,19). The molecule has 0 radical (unpaired) electrons. The van der Waals surface area contributed by atoms with Gasteiger partial charge in [0.1, 0.15) is 18.1 Å². The maximum atomic E-state index is 12.1. The van der Waals surface area contributed by atoms with Crippen LogP contribution in [-0.2, 0) is 0 Å². The molecule has 0 spiro atoms. The molecule has 1 unspecified atom stereocenters. The highest BCUT2D eigenvalue weighted by Gasteiger charge is 2.21. The van der Waals surface area contributed by atoms with Crippen molar-refractivity contribution < 1.29 is 13.9 Å². The van der Waals surface area contributed by atoms with E-state index in [1.165, 1.54) is 0 Å². The monoisotopic (exact) mass is 350 g/mol. The third-order valence-corrected chi connectivity index (χ3v) is 3.82. The van der Waals surface area contributed by atoms with Gasteiger partial charge in [0.2, 0.25) is 0 Å². The fraction of sp³-hybridized carbons (Fsp3) is 0.267. The van der Waals surface area contributed by atoms with Crippen LogP contribution in [0.3, 0.4) is 0 Å². The number of halogens is 1. The van der Waals surface area contributed by atoms with Gasteiger partial charge in [-0.1, -0.05) is 6.07 Å². The predicted octanol–water partition coefficient (Wildman–Crippen LogP) is 2.47. The van der Waals surface area contributed by atoms with Crippen molar-refractivity contribution in [1.29, 1.82) is 0 Å². The summed E-state index contributed by atoms with van der Waals surface area (Å²) in [6.45, 7) is 1.00. The molecule has 1 aliphatic heterocycles. The van der Waals surface area contributed by atoms with Crippen LogP contribution in [0.2, 0.25) is 0 Å². The minimum absolute atomic E-state index is 0.111. The number of carbonyl (C=O) groups is 1. The molecule has 2 aromatic rings. The SMILES string of the molecule is CNC(c1ccc2c(c1)C(=O)NCCO2)c1ccc(Br)o1. The van der Waals surface area contributed by atoms with E-state index < -0.39 is 0 Å². The lowest BCUT2D eigenvalue weighted by atomic mass is 10.0. The molecule has 0 fully saturated rings. The molecule has 1 aromatic heterocycles. The van der Waals surface area contributed by atoms with Crippen molar-refractivity contribution in [2.75, 3.05) is 20.2 Å². The van der Waals surface area contributed by atoms with E-state index in [0.29, 0.717) is 29.1 Å². The summed E-state index contributed by atoms with van der Waals surface area (Å²) in [7, 11) is 1.85. The molecule has 2 heterocycles. The number of hydrogen-bond acceptors (Lipinski definition) is 4. The molecule has 1 aromatic carbocycles. The fourth-order valence-corrected chi connectivity index (χ4v) is 2.73. The molecule has 0 saturated heterocycles. The largest absolute Gasteiger partial charge is 0.491 e. The van der Waals surface area contributed by atoms with Crippen molar-refractivity contribution in [3.05, 3.63) is 51.9 Å². The van der Waals surface area contributed by atoms with E-state index in [1.54, 1.807) is 0 Å². The van der Waals surface area contributed by atoms with Gasteiger partial charge in [-0.25, -0.2) is 0 Å². The molecule has 1 aliphatic rings. The van der Waals surface area contributed by atoms with Crippen LogP contribution in [0.15, 0.2) is 39.4 Å². The highest BCUT2D eigenvalue weighted by molar-refractivity contribution is 9.10. The molecule has 1 amide bonds. The summed E-state index contributed by atoms with van der Waals surface area (Å²) < 4.78 is 11.8. The zero-order valence-corrected chi connectivity index (χ0v) is 13.1. The molecule has 0 bridgehead atoms. The Morgan fingerprint density at radius 3 is 2.90 bits per heavy atom. The maximum absolute atomic E-state index is 12.1. The zero-order valence-electron chi connectivity index (χ0n) is 11.5. The average Bonchev–Trinajstić information content (AvgIpc) is 2.82. The Morgan fingerprint density at radius 1 is 1.33 bits per heavy atom. The van der Waals surface area contributed by atoms with E-state index >= 15 is 0 Å². The van der Waals surface area contributed by atoms with E-state index in [9.17, 15) is 4.79 Å². The van der Waals surface area contributed by atoms with Crippen molar-refractivity contribution in [3.63, 3.8) is 0 Å². The zero-order chi connectivity index (χ0) is 14.8. The number of amides is 1. The number of ether oxygens (including phenoxy) is 1. The fourth-order valence-electron chi connectivity index (χ4n) is 2.41. The summed E-state index contributed by atoms with van der Waals surface area (Å²) >= 11 is 3.30. The van der Waals surface area contributed by atoms with Gasteiger partial charge in [0.05, 0.1) is 18.2 Å². The van der Waals surface area contributed by atoms with Crippen molar-refractivity contribution in [3.8, 4) is 5.75 Å². The van der Waals surface area contributed by atoms with Gasteiger partial charge in [0.15, 0.2) is 4.67 Å². The number of furan rings is 1. The van der Waals surface area contributed by atoms with Gasteiger partial charge < -0.3 is 19.8 Å². The third-order valence-electron chi connectivity index (χ3n) is 3.39. The Balaban J connectivity index is 2.00. The second-order valence-electron chi connectivity index (χ2n) is 4.72. The Bertz CT molecular complexity index is 669. The molecule has 21 heavy (non-hydrogen) atoms. The van der Waals surface area contributed by atoms with E-state index in [4.69, 9.17) is 9.15 Å². The summed E-state index contributed by atoms with van der Waals surface area (Å²) in [6.07, 6.45) is 0. The predicted molar refractivity (Wildman–Crippen MR) is 81.6 cm³/mol. The van der Waals surface area contributed by atoms with Crippen LogP contribution in [-0.4, -0.2) is 26.1 Å². The van der Waals surface area contributed by atoms with Crippen LogP contribution in [0.1, 0.15) is 27.7 Å². The first kappa shape index (κ1) is 14.2. The Hall–Kier alpha value is -1.79. The molecule has 1 atom stereocenters. The number of rotatable bonds is 3. The van der Waals surface area contributed by atoms with Gasteiger partial charge >= 0.3 is 0 Å². The highest BCUT2D eigenvalue weighted by atomic mass is 79.9. The number of hydrogen-bond donors (Lipinski definition) is 2. The topological polar surface area (TPSA) is 63.5 Å². The maximum Gasteiger partial charge on any atom is 0.255 e. The molecular formula is C15H15BrN2O3. The minimum atomic E-state index is -0.127. The van der Waals surface area contributed by atoms with Crippen LogP contribution in [0, 0.1) is 0 Å². The van der Waals surface area contributed by atoms with Crippen LogP contribution < -0.4 is 15.4 Å². The number of carbonyl (C=O) groups excluding carboxylic acids is 1. The smallest absolute Gasteiger partial charge is 0.255 e. The van der Waals surface area contributed by atoms with Gasteiger partial charge in [-0.05, 0) is 52.8 Å². The lowest BCUT2D eigenvalue weighted by Gasteiger charge is -2.16. The summed E-state index contributed by atoms with van der Waals surface area (Å²) in [6, 6.07) is 9.23. The molecular weight excluding hydrogens is 336 g/mol. The molecule has 5 nitrogen and oxygen atoms in total. The normalized spacial score (nSPS) is 15.6. The molecule has 3 rings (SSSR count). The Labute approximate surface area is 130 Å². The van der Waals surface area contributed by atoms with Crippen molar-refractivity contribution in [1.82, 2.24) is 10.6 Å². The Morgan fingerprint density at radius 2 is 2.19 bits per heavy atom. The summed E-state index contributed by atoms with van der Waals surface area (Å²) in [4.78, 5) is 12.1. The quantitative estimate of drug-likeness (QED) is 0.892. The van der Waals surface area contributed by atoms with E-state index in [1.807, 2.05) is 37.4 Å². The molecule has 0 saturated carbocycles. The first-order chi connectivity index (χ1) is 10.2. The van der Waals surface area contributed by atoms with Crippen LogP contribution in [0.5, 0.6) is 5.75 Å². The molecule has 0 aliphatic carbocycles. The van der Waals surface area contributed by atoms with Crippen LogP contribution in [0.4, 0.5) is 0 Å². The number of nitrogens with one attached hydrogen (secondary N) is 2. The first-order valence-electron chi connectivity index (χ1n) is 6.66. The molecule has 6 heteroatoms. The Kier molecular flexibility index (Phi) is 3.98. The van der Waals surface area contributed by atoms with Crippen LogP contribution >= 0.6 is 15.9 Å². The van der Waals surface area contributed by atoms with Gasteiger partial charge in [-0.15, -0.1) is 0 Å². The summed E-state index contributed by atoms with van der Waals surface area (Å²) in [5.41, 5.74) is 1.50. The van der Waals surface area contributed by atoms with Gasteiger partial charge in [-0.2, -0.15) is 0 Å². The average molecular weight is 351 g/mol. The molecule has 110 valence electrons. The van der Waals surface area contributed by atoms with Gasteiger partial charge in [0.25, 0.3) is 5.91 Å². The van der Waals surface area contributed by atoms with E-state index in [0.717, 1.165) is 11.3 Å². The van der Waals surface area contributed by atoms with Gasteiger partial charge in [0, 0.05) is 0 Å². The highest BCUT2D eigenvalue weighted by Crippen LogP contribution is 2.29. The number of benzene rings is 1. The minimum Gasteiger partial charge on any atom is -0.491 e. The van der Waals surface area contributed by atoms with Crippen molar-refractivity contribution in [2.45, 2.75) is 6.04 Å². The lowest BCUT2D eigenvalue weighted by Crippen LogP contribution is -2.24. The second-order valence-corrected chi connectivity index (χ2v) is 5.51. The van der Waals surface area contributed by atoms with Crippen molar-refractivity contribution in [2.24, 2.45) is 0 Å². The van der Waals surface area contributed by atoms with E-state index in [2.05, 4.69) is 26.6 Å². The van der Waals surface area contributed by atoms with Crippen molar-refractivity contribution >= 4 is 21.8 Å². The first-order valence-corrected chi connectivity index (χ1v) is 7.46. The summed E-state index contributed by atoms with van der Waals surface area (Å²) in [5.74, 6) is 1.28. The van der Waals surface area contributed by atoms with Gasteiger partial charge in [-0.3, -0.25) is 4.79 Å². The summed E-state index contributed by atoms with van der Waals surface area (Å²) in [5, 5.41) is 6.01. The number of fused-ring (bicyclic) bond motifs is 1. The second kappa shape index (κ2) is 5.91. The lowest BCUT2D eigenvalue weighted by molar-refractivity contribution is 0.0957. The van der Waals surface area contributed by atoms with E-state index in [-0.39, 0.29) is 11.9 Å². The molecule has 2 N–H and O–H groups in total.